The van der Waals surface area contributed by atoms with Crippen molar-refractivity contribution >= 4 is 48.8 Å². The Morgan fingerprint density at radius 2 is 0.977 bits per heavy atom. The van der Waals surface area contributed by atoms with Crippen LogP contribution in [-0.2, 0) is 19.4 Å². The number of halogens is 2. The SMILES string of the molecule is CC1=Cc2c(C(C)C)cc(C(C)C)cc2[CH]1[Zr]([CH3])([SiH2]c1ccccc1)[CH]1C(C)=Cc2c(C(C)C)cc(C(C)C)cc21.Cl.Cl. The number of allylic oxidation sites excluding steroid dienone is 2. The molecule has 2 aliphatic carbocycles. The summed E-state index contributed by atoms with van der Waals surface area (Å²) in [4.78, 5) is 0. The molecule has 232 valence electrons. The minimum atomic E-state index is -3.06. The fraction of sp³-hybridized carbons (Fsp3) is 0.436. The van der Waals surface area contributed by atoms with Gasteiger partial charge in [0.1, 0.15) is 0 Å². The van der Waals surface area contributed by atoms with Gasteiger partial charge in [0, 0.05) is 0 Å². The minimum absolute atomic E-state index is 0. The summed E-state index contributed by atoms with van der Waals surface area (Å²) in [7, 11) is 0. The number of fused-ring (bicyclic) bond motifs is 2. The molecule has 2 atom stereocenters. The van der Waals surface area contributed by atoms with Gasteiger partial charge in [-0.25, -0.2) is 0 Å². The van der Waals surface area contributed by atoms with Gasteiger partial charge in [-0.1, -0.05) is 0 Å². The first-order chi connectivity index (χ1) is 19.3. The number of hydrogen-bond acceptors (Lipinski definition) is 0. The van der Waals surface area contributed by atoms with E-state index in [0.29, 0.717) is 30.9 Å². The summed E-state index contributed by atoms with van der Waals surface area (Å²) in [5.41, 5.74) is 16.0. The molecule has 0 bridgehead atoms. The van der Waals surface area contributed by atoms with Gasteiger partial charge in [0.15, 0.2) is 0 Å². The van der Waals surface area contributed by atoms with Crippen LogP contribution in [0.5, 0.6) is 0 Å². The Balaban J connectivity index is 0.00000253. The molecule has 0 radical (unpaired) electrons. The molecular weight excluding hydrogens is 659 g/mol. The van der Waals surface area contributed by atoms with Crippen LogP contribution in [0.3, 0.4) is 0 Å². The van der Waals surface area contributed by atoms with Crippen molar-refractivity contribution in [3.05, 3.63) is 110 Å². The summed E-state index contributed by atoms with van der Waals surface area (Å²) in [6.45, 7) is 23.5. The molecule has 3 aromatic rings. The van der Waals surface area contributed by atoms with Crippen molar-refractivity contribution in [2.24, 2.45) is 0 Å². The van der Waals surface area contributed by atoms with Crippen molar-refractivity contribution in [3.63, 3.8) is 0 Å². The van der Waals surface area contributed by atoms with Crippen molar-refractivity contribution in [2.75, 3.05) is 0 Å². The van der Waals surface area contributed by atoms with E-state index < -0.39 is 26.1 Å². The average Bonchev–Trinajstić information content (AvgIpc) is 3.43. The van der Waals surface area contributed by atoms with E-state index in [9.17, 15) is 0 Å². The van der Waals surface area contributed by atoms with Crippen LogP contribution in [0.1, 0.15) is 145 Å². The molecule has 3 aromatic carbocycles. The third kappa shape index (κ3) is 6.70. The minimum Gasteiger partial charge on any atom is -0.147 e. The molecule has 0 aromatic heterocycles. The molecule has 0 aliphatic heterocycles. The first-order valence-electron chi connectivity index (χ1n) is 16.1. The second kappa shape index (κ2) is 14.1. The zero-order valence-corrected chi connectivity index (χ0v) is 33.8. The Morgan fingerprint density at radius 3 is 1.33 bits per heavy atom. The fourth-order valence-electron chi connectivity index (χ4n) is 8.15. The van der Waals surface area contributed by atoms with Crippen molar-refractivity contribution in [2.45, 2.75) is 105 Å². The zero-order chi connectivity index (χ0) is 29.8. The molecule has 43 heavy (non-hydrogen) atoms. The average molecular weight is 713 g/mol. The van der Waals surface area contributed by atoms with Crippen LogP contribution in [0, 0.1) is 0 Å². The standard InChI is InChI=1S/2C16H21.C6H7Si.CH3.2ClH.Zr/c2*1-10(2)13-8-14-6-12(5)7-16(14)15(9-13)11(3)4;7-6-4-2-1-3-5-6;;;;/h2*6-11H,1-5H3;1-5H,7H2;1H3;2*1H;. The third-order valence-electron chi connectivity index (χ3n) is 10.1. The Bertz CT molecular complexity index is 1420. The summed E-state index contributed by atoms with van der Waals surface area (Å²) in [6, 6.07) is 22.0. The first-order valence-corrected chi connectivity index (χ1v) is 28.0. The van der Waals surface area contributed by atoms with Crippen molar-refractivity contribution in [1.29, 1.82) is 0 Å². The zero-order valence-electron chi connectivity index (χ0n) is 28.3. The Morgan fingerprint density at radius 1 is 0.581 bits per heavy atom. The van der Waals surface area contributed by atoms with Crippen molar-refractivity contribution in [3.8, 4) is 0 Å². The van der Waals surface area contributed by atoms with Crippen LogP contribution >= 0.6 is 24.8 Å². The van der Waals surface area contributed by atoms with Crippen LogP contribution in [-0.4, -0.2) is 6.65 Å². The van der Waals surface area contributed by atoms with Gasteiger partial charge in [-0.15, -0.1) is 24.8 Å². The van der Waals surface area contributed by atoms with E-state index in [0.717, 1.165) is 0 Å². The predicted octanol–water partition coefficient (Wildman–Crippen LogP) is 11.3. The maximum atomic E-state index is 2.89. The third-order valence-corrected chi connectivity index (χ3v) is 35.5. The van der Waals surface area contributed by atoms with E-state index in [2.05, 4.69) is 141 Å². The molecule has 0 saturated carbocycles. The van der Waals surface area contributed by atoms with Gasteiger partial charge in [0.05, 0.1) is 0 Å². The molecular formula is C39H54Cl2SiZr. The summed E-state index contributed by atoms with van der Waals surface area (Å²) in [5, 5.41) is 1.67. The second-order valence-corrected chi connectivity index (χ2v) is 37.7. The number of rotatable bonds is 8. The molecule has 0 saturated heterocycles. The Kier molecular flexibility index (Phi) is 11.9. The topological polar surface area (TPSA) is 0 Å². The number of hydrogen-bond donors (Lipinski definition) is 0. The molecule has 0 heterocycles. The quantitative estimate of drug-likeness (QED) is 0.204. The summed E-state index contributed by atoms with van der Waals surface area (Å²) >= 11 is -3.06. The predicted molar refractivity (Wildman–Crippen MR) is 197 cm³/mol. The van der Waals surface area contributed by atoms with Crippen LogP contribution < -0.4 is 5.19 Å². The Labute approximate surface area is 281 Å². The van der Waals surface area contributed by atoms with E-state index in [1.54, 1.807) is 49.7 Å². The van der Waals surface area contributed by atoms with Gasteiger partial charge in [-0.3, -0.25) is 0 Å². The van der Waals surface area contributed by atoms with Crippen molar-refractivity contribution < 1.29 is 19.4 Å². The van der Waals surface area contributed by atoms with Gasteiger partial charge >= 0.3 is 258 Å². The molecule has 2 unspecified atom stereocenters. The summed E-state index contributed by atoms with van der Waals surface area (Å²) in [5.74, 6) is 2.16. The Hall–Kier alpha value is -1.18. The van der Waals surface area contributed by atoms with E-state index >= 15 is 0 Å². The van der Waals surface area contributed by atoms with Crippen molar-refractivity contribution in [1.82, 2.24) is 0 Å². The van der Waals surface area contributed by atoms with Gasteiger partial charge in [-0.05, 0) is 0 Å². The largest absolute Gasteiger partial charge is 0.147 e. The molecule has 0 fully saturated rings. The fourth-order valence-corrected chi connectivity index (χ4v) is 38.6. The molecule has 0 nitrogen and oxygen atoms in total. The van der Waals surface area contributed by atoms with Crippen LogP contribution in [0.4, 0.5) is 0 Å². The normalized spacial score (nSPS) is 19.0. The van der Waals surface area contributed by atoms with Gasteiger partial charge in [0.25, 0.3) is 0 Å². The molecule has 0 N–H and O–H groups in total. The maximum Gasteiger partial charge on any atom is -0.147 e. The summed E-state index contributed by atoms with van der Waals surface area (Å²) < 4.78 is 4.15. The summed E-state index contributed by atoms with van der Waals surface area (Å²) in [6.07, 6.45) is 5.24. The van der Waals surface area contributed by atoms with E-state index in [1.807, 2.05) is 0 Å². The molecule has 4 heteroatoms. The smallest absolute Gasteiger partial charge is 0.147 e. The molecule has 2 aliphatic rings. The molecule has 0 spiro atoms. The van der Waals surface area contributed by atoms with Gasteiger partial charge in [0.2, 0.25) is 0 Å². The number of benzene rings is 3. The monoisotopic (exact) mass is 710 g/mol. The van der Waals surface area contributed by atoms with Crippen LogP contribution in [0.2, 0.25) is 4.63 Å². The van der Waals surface area contributed by atoms with Gasteiger partial charge in [-0.2, -0.15) is 0 Å². The second-order valence-electron chi connectivity index (χ2n) is 14.7. The first kappa shape index (κ1) is 36.3. The van der Waals surface area contributed by atoms with E-state index in [-0.39, 0.29) is 24.8 Å². The van der Waals surface area contributed by atoms with E-state index in [1.165, 1.54) is 11.1 Å². The van der Waals surface area contributed by atoms with Crippen LogP contribution in [0.15, 0.2) is 65.7 Å². The molecule has 0 amide bonds. The van der Waals surface area contributed by atoms with Gasteiger partial charge < -0.3 is 0 Å². The van der Waals surface area contributed by atoms with E-state index in [4.69, 9.17) is 0 Å². The van der Waals surface area contributed by atoms with Crippen LogP contribution in [0.25, 0.3) is 12.2 Å². The maximum absolute atomic E-state index is 3.06. The molecule has 5 rings (SSSR count).